The second-order valence-electron chi connectivity index (χ2n) is 5.58. The van der Waals surface area contributed by atoms with Gasteiger partial charge in [0.15, 0.2) is 0 Å². The Morgan fingerprint density at radius 2 is 1.72 bits per heavy atom. The van der Waals surface area contributed by atoms with Gasteiger partial charge in [-0.3, -0.25) is 10.1 Å². The van der Waals surface area contributed by atoms with Crippen molar-refractivity contribution in [2.75, 3.05) is 6.61 Å². The Morgan fingerprint density at radius 3 is 2.24 bits per heavy atom. The Morgan fingerprint density at radius 1 is 1.12 bits per heavy atom. The number of nitrogens with zero attached hydrogens (tertiary/aromatic N) is 1. The molecule has 2 aromatic rings. The third-order valence-corrected chi connectivity index (χ3v) is 3.88. The van der Waals surface area contributed by atoms with Crippen molar-refractivity contribution in [1.29, 1.82) is 0 Å². The number of urea groups is 1. The number of aliphatic hydroxyl groups is 1. The van der Waals surface area contributed by atoms with Crippen molar-refractivity contribution >= 4 is 11.7 Å². The van der Waals surface area contributed by atoms with Crippen LogP contribution in [0.15, 0.2) is 48.5 Å². The molecule has 3 N–H and O–H groups in total. The third-order valence-electron chi connectivity index (χ3n) is 3.88. The molecule has 2 rings (SSSR count). The van der Waals surface area contributed by atoms with Crippen LogP contribution in [-0.4, -0.2) is 22.7 Å². The van der Waals surface area contributed by atoms with Crippen LogP contribution in [0.25, 0.3) is 0 Å². The van der Waals surface area contributed by atoms with Crippen molar-refractivity contribution in [3.05, 3.63) is 75.3 Å². The maximum atomic E-state index is 12.0. The molecule has 0 aromatic heterocycles. The van der Waals surface area contributed by atoms with Crippen molar-refractivity contribution in [1.82, 2.24) is 10.6 Å². The summed E-state index contributed by atoms with van der Waals surface area (Å²) in [6.45, 7) is 2.08. The molecule has 0 spiro atoms. The number of benzene rings is 2. The summed E-state index contributed by atoms with van der Waals surface area (Å²) in [4.78, 5) is 22.2. The van der Waals surface area contributed by atoms with Crippen molar-refractivity contribution in [3.8, 4) is 0 Å². The van der Waals surface area contributed by atoms with Crippen molar-refractivity contribution in [2.45, 2.75) is 25.9 Å². The highest BCUT2D eigenvalue weighted by Gasteiger charge is 2.13. The first-order valence-corrected chi connectivity index (χ1v) is 8.01. The van der Waals surface area contributed by atoms with E-state index in [1.54, 1.807) is 12.1 Å². The molecular weight excluding hydrogens is 322 g/mol. The van der Waals surface area contributed by atoms with E-state index in [0.29, 0.717) is 0 Å². The van der Waals surface area contributed by atoms with E-state index in [9.17, 15) is 20.0 Å². The number of rotatable bonds is 7. The first-order chi connectivity index (χ1) is 12.0. The highest BCUT2D eigenvalue weighted by atomic mass is 16.6. The molecule has 2 aromatic carbocycles. The van der Waals surface area contributed by atoms with E-state index in [1.165, 1.54) is 17.7 Å². The van der Waals surface area contributed by atoms with Crippen LogP contribution >= 0.6 is 0 Å². The van der Waals surface area contributed by atoms with Gasteiger partial charge in [-0.15, -0.1) is 0 Å². The predicted molar refractivity (Wildman–Crippen MR) is 94.1 cm³/mol. The lowest BCUT2D eigenvalue weighted by molar-refractivity contribution is -0.384. The van der Waals surface area contributed by atoms with Crippen LogP contribution in [-0.2, 0) is 13.0 Å². The lowest BCUT2D eigenvalue weighted by atomic mass is 10.0. The molecule has 0 aliphatic heterocycles. The molecule has 0 heterocycles. The van der Waals surface area contributed by atoms with Crippen molar-refractivity contribution in [2.24, 2.45) is 0 Å². The number of aliphatic hydroxyl groups excluding tert-OH is 1. The zero-order valence-corrected chi connectivity index (χ0v) is 13.9. The van der Waals surface area contributed by atoms with Gasteiger partial charge in [-0.1, -0.05) is 43.3 Å². The van der Waals surface area contributed by atoms with Gasteiger partial charge >= 0.3 is 6.03 Å². The molecule has 0 saturated heterocycles. The lowest BCUT2D eigenvalue weighted by Gasteiger charge is -2.17. The number of hydrogen-bond donors (Lipinski definition) is 3. The summed E-state index contributed by atoms with van der Waals surface area (Å²) < 4.78 is 0. The molecule has 2 amide bonds. The summed E-state index contributed by atoms with van der Waals surface area (Å²) in [7, 11) is 0. The number of nitro benzene ring substituents is 1. The molecule has 0 aliphatic carbocycles. The molecule has 7 nitrogen and oxygen atoms in total. The van der Waals surface area contributed by atoms with Crippen molar-refractivity contribution in [3.63, 3.8) is 0 Å². The summed E-state index contributed by atoms with van der Waals surface area (Å²) in [6, 6.07) is 12.7. The quantitative estimate of drug-likeness (QED) is 0.531. The molecule has 0 aliphatic rings. The zero-order valence-electron chi connectivity index (χ0n) is 13.9. The van der Waals surface area contributed by atoms with Crippen LogP contribution in [0.3, 0.4) is 0 Å². The van der Waals surface area contributed by atoms with Gasteiger partial charge in [0, 0.05) is 18.7 Å². The van der Waals surface area contributed by atoms with Crippen LogP contribution in [0.5, 0.6) is 0 Å². The van der Waals surface area contributed by atoms with Crippen LogP contribution in [0.1, 0.15) is 29.7 Å². The van der Waals surface area contributed by atoms with Gasteiger partial charge in [-0.25, -0.2) is 4.79 Å². The maximum absolute atomic E-state index is 12.0. The Kier molecular flexibility index (Phi) is 6.47. The minimum absolute atomic E-state index is 0.00377. The molecule has 0 radical (unpaired) electrons. The number of nitrogens with one attached hydrogen (secondary N) is 2. The number of non-ortho nitro benzene ring substituents is 1. The molecule has 25 heavy (non-hydrogen) atoms. The Hall–Kier alpha value is -2.93. The first-order valence-electron chi connectivity index (χ1n) is 8.01. The predicted octanol–water partition coefficient (Wildman–Crippen LogP) is 2.69. The average Bonchev–Trinajstić information content (AvgIpc) is 2.65. The van der Waals surface area contributed by atoms with Crippen LogP contribution < -0.4 is 10.6 Å². The van der Waals surface area contributed by atoms with Gasteiger partial charge in [-0.05, 0) is 23.1 Å². The molecule has 7 heteroatoms. The SMILES string of the molecule is CCc1ccc(C(CO)NC(=O)NCc2ccc([N+](=O)[O-])cc2)cc1. The van der Waals surface area contributed by atoms with E-state index in [2.05, 4.69) is 17.6 Å². The monoisotopic (exact) mass is 343 g/mol. The number of hydrogen-bond acceptors (Lipinski definition) is 4. The minimum Gasteiger partial charge on any atom is -0.394 e. The van der Waals surface area contributed by atoms with Crippen molar-refractivity contribution < 1.29 is 14.8 Å². The van der Waals surface area contributed by atoms with Crippen LogP contribution in [0.2, 0.25) is 0 Å². The highest BCUT2D eigenvalue weighted by molar-refractivity contribution is 5.74. The van der Waals surface area contributed by atoms with Crippen LogP contribution in [0.4, 0.5) is 10.5 Å². The number of aryl methyl sites for hydroxylation is 1. The first kappa shape index (κ1) is 18.4. The summed E-state index contributed by atoms with van der Waals surface area (Å²) in [5.41, 5.74) is 2.76. The molecule has 0 fully saturated rings. The van der Waals surface area contributed by atoms with E-state index in [1.807, 2.05) is 24.3 Å². The second kappa shape index (κ2) is 8.79. The van der Waals surface area contributed by atoms with E-state index < -0.39 is 17.0 Å². The third kappa shape index (κ3) is 5.29. The molecular formula is C18H21N3O4. The normalized spacial score (nSPS) is 11.6. The molecule has 0 bridgehead atoms. The summed E-state index contributed by atoms with van der Waals surface area (Å²) in [5, 5.41) is 25.5. The zero-order chi connectivity index (χ0) is 18.2. The minimum atomic E-state index is -0.497. The topological polar surface area (TPSA) is 104 Å². The lowest BCUT2D eigenvalue weighted by Crippen LogP contribution is -2.38. The number of carbonyl (C=O) groups excluding carboxylic acids is 1. The number of amides is 2. The van der Waals surface area contributed by atoms with Gasteiger partial charge in [0.05, 0.1) is 17.6 Å². The van der Waals surface area contributed by atoms with Crippen LogP contribution in [0, 0.1) is 10.1 Å². The fourth-order valence-electron chi connectivity index (χ4n) is 2.35. The van der Waals surface area contributed by atoms with Gasteiger partial charge in [0.1, 0.15) is 0 Å². The van der Waals surface area contributed by atoms with E-state index in [4.69, 9.17) is 0 Å². The Balaban J connectivity index is 1.89. The fraction of sp³-hybridized carbons (Fsp3) is 0.278. The summed E-state index contributed by atoms with van der Waals surface area (Å²) in [6.07, 6.45) is 0.924. The summed E-state index contributed by atoms with van der Waals surface area (Å²) >= 11 is 0. The Bertz CT molecular complexity index is 714. The van der Waals surface area contributed by atoms with E-state index >= 15 is 0 Å². The molecule has 1 atom stereocenters. The molecule has 132 valence electrons. The summed E-state index contributed by atoms with van der Waals surface area (Å²) in [5.74, 6) is 0. The number of carbonyl (C=O) groups is 1. The largest absolute Gasteiger partial charge is 0.394 e. The number of nitro groups is 1. The molecule has 1 unspecified atom stereocenters. The van der Waals surface area contributed by atoms with Gasteiger partial charge in [-0.2, -0.15) is 0 Å². The average molecular weight is 343 g/mol. The van der Waals surface area contributed by atoms with Gasteiger partial charge < -0.3 is 15.7 Å². The smallest absolute Gasteiger partial charge is 0.315 e. The standard InChI is InChI=1S/C18H21N3O4/c1-2-13-3-7-15(8-4-13)17(12-22)20-18(23)19-11-14-5-9-16(10-6-14)21(24)25/h3-10,17,22H,2,11-12H2,1H3,(H2,19,20,23). The fourth-order valence-corrected chi connectivity index (χ4v) is 2.35. The molecule has 0 saturated carbocycles. The highest BCUT2D eigenvalue weighted by Crippen LogP contribution is 2.14. The maximum Gasteiger partial charge on any atom is 0.315 e. The van der Waals surface area contributed by atoms with E-state index in [-0.39, 0.29) is 18.8 Å². The van der Waals surface area contributed by atoms with E-state index in [0.717, 1.165) is 17.5 Å². The van der Waals surface area contributed by atoms with Gasteiger partial charge in [0.25, 0.3) is 5.69 Å². The Labute approximate surface area is 145 Å². The second-order valence-corrected chi connectivity index (χ2v) is 5.58. The van der Waals surface area contributed by atoms with Gasteiger partial charge in [0.2, 0.25) is 0 Å².